The smallest absolute Gasteiger partial charge is 0.129 e. The average molecular weight is 354 g/mol. The minimum atomic E-state index is 0.593. The lowest BCUT2D eigenvalue weighted by atomic mass is 10.0. The van der Waals surface area contributed by atoms with Gasteiger partial charge < -0.3 is 14.3 Å². The van der Waals surface area contributed by atoms with E-state index in [1.165, 1.54) is 12.8 Å². The summed E-state index contributed by atoms with van der Waals surface area (Å²) in [6.07, 6.45) is 2.57. The molecule has 1 saturated heterocycles. The molecule has 0 saturated carbocycles. The number of oxime groups is 1. The zero-order valence-electron chi connectivity index (χ0n) is 15.5. The molecule has 5 nitrogen and oxygen atoms in total. The van der Waals surface area contributed by atoms with Gasteiger partial charge in [0.05, 0.1) is 14.2 Å². The first-order valence-corrected chi connectivity index (χ1v) is 9.01. The van der Waals surface area contributed by atoms with Crippen LogP contribution in [0.15, 0.2) is 53.7 Å². The molecule has 0 radical (unpaired) electrons. The maximum Gasteiger partial charge on any atom is 0.129 e. The highest BCUT2D eigenvalue weighted by Crippen LogP contribution is 2.19. The second kappa shape index (κ2) is 9.25. The van der Waals surface area contributed by atoms with E-state index < -0.39 is 0 Å². The number of methoxy groups -OCH3 is 2. The van der Waals surface area contributed by atoms with E-state index in [1.807, 2.05) is 48.5 Å². The fraction of sp³-hybridized carbons (Fsp3) is 0.381. The lowest BCUT2D eigenvalue weighted by Crippen LogP contribution is -2.23. The molecule has 0 atom stereocenters. The highest BCUT2D eigenvalue weighted by Gasteiger charge is 2.12. The molecule has 1 fully saturated rings. The van der Waals surface area contributed by atoms with E-state index in [0.717, 1.165) is 48.0 Å². The van der Waals surface area contributed by atoms with Crippen molar-refractivity contribution in [3.05, 3.63) is 59.7 Å². The predicted molar refractivity (Wildman–Crippen MR) is 103 cm³/mol. The normalized spacial score (nSPS) is 14.1. The number of likely N-dealkylation sites (tertiary alicyclic amines) is 1. The van der Waals surface area contributed by atoms with E-state index in [4.69, 9.17) is 14.3 Å². The van der Waals surface area contributed by atoms with Crippen molar-refractivity contribution < 1.29 is 14.3 Å². The van der Waals surface area contributed by atoms with Crippen LogP contribution in [0.2, 0.25) is 0 Å². The molecule has 2 aromatic rings. The minimum Gasteiger partial charge on any atom is -0.497 e. The Morgan fingerprint density at radius 2 is 1.35 bits per heavy atom. The van der Waals surface area contributed by atoms with Crippen molar-refractivity contribution in [1.29, 1.82) is 0 Å². The lowest BCUT2D eigenvalue weighted by Gasteiger charge is -2.14. The van der Waals surface area contributed by atoms with Crippen LogP contribution in [0.3, 0.4) is 0 Å². The molecule has 0 aliphatic carbocycles. The van der Waals surface area contributed by atoms with Gasteiger partial charge in [-0.05, 0) is 74.5 Å². The summed E-state index contributed by atoms with van der Waals surface area (Å²) >= 11 is 0. The van der Waals surface area contributed by atoms with Crippen molar-refractivity contribution in [3.63, 3.8) is 0 Å². The Labute approximate surface area is 155 Å². The largest absolute Gasteiger partial charge is 0.497 e. The molecular formula is C21H26N2O3. The first-order chi connectivity index (χ1) is 12.8. The van der Waals surface area contributed by atoms with Crippen LogP contribution >= 0.6 is 0 Å². The zero-order chi connectivity index (χ0) is 18.2. The van der Waals surface area contributed by atoms with Gasteiger partial charge in [0.1, 0.15) is 23.8 Å². The molecule has 138 valence electrons. The third kappa shape index (κ3) is 4.76. The molecule has 0 spiro atoms. The number of hydrogen-bond donors (Lipinski definition) is 0. The van der Waals surface area contributed by atoms with Gasteiger partial charge in [-0.2, -0.15) is 0 Å². The second-order valence-electron chi connectivity index (χ2n) is 6.28. The maximum absolute atomic E-state index is 5.66. The van der Waals surface area contributed by atoms with Crippen LogP contribution in [0.4, 0.5) is 0 Å². The molecule has 3 rings (SSSR count). The van der Waals surface area contributed by atoms with Crippen LogP contribution in [0.1, 0.15) is 24.0 Å². The van der Waals surface area contributed by atoms with E-state index in [-0.39, 0.29) is 0 Å². The van der Waals surface area contributed by atoms with Gasteiger partial charge in [-0.1, -0.05) is 5.16 Å². The van der Waals surface area contributed by atoms with Gasteiger partial charge in [-0.25, -0.2) is 0 Å². The van der Waals surface area contributed by atoms with Crippen molar-refractivity contribution in [3.8, 4) is 11.5 Å². The van der Waals surface area contributed by atoms with E-state index in [2.05, 4.69) is 10.1 Å². The molecular weight excluding hydrogens is 328 g/mol. The number of ether oxygens (including phenoxy) is 2. The van der Waals surface area contributed by atoms with Crippen LogP contribution in [-0.4, -0.2) is 51.1 Å². The average Bonchev–Trinajstić information content (AvgIpc) is 3.22. The SMILES string of the molecule is COc1ccc(C(=NOCCN2CCCC2)c2ccc(OC)cc2)cc1. The molecule has 1 aliphatic rings. The van der Waals surface area contributed by atoms with Gasteiger partial charge in [-0.3, -0.25) is 4.90 Å². The standard InChI is InChI=1S/C21H26N2O3/c1-24-19-9-5-17(6-10-19)21(18-7-11-20(25-2)12-8-18)22-26-16-15-23-13-3-4-14-23/h5-12H,3-4,13-16H2,1-2H3. The van der Waals surface area contributed by atoms with Crippen LogP contribution < -0.4 is 9.47 Å². The van der Waals surface area contributed by atoms with E-state index >= 15 is 0 Å². The first kappa shape index (κ1) is 18.3. The zero-order valence-corrected chi connectivity index (χ0v) is 15.5. The van der Waals surface area contributed by atoms with Crippen LogP contribution in [0, 0.1) is 0 Å². The number of hydrogen-bond acceptors (Lipinski definition) is 5. The van der Waals surface area contributed by atoms with E-state index in [9.17, 15) is 0 Å². The minimum absolute atomic E-state index is 0.593. The molecule has 0 amide bonds. The van der Waals surface area contributed by atoms with Crippen molar-refractivity contribution in [2.75, 3.05) is 40.5 Å². The van der Waals surface area contributed by atoms with Crippen molar-refractivity contribution in [2.24, 2.45) is 5.16 Å². The summed E-state index contributed by atoms with van der Waals surface area (Å²) in [4.78, 5) is 8.08. The highest BCUT2D eigenvalue weighted by molar-refractivity contribution is 6.12. The van der Waals surface area contributed by atoms with Gasteiger partial charge in [0, 0.05) is 17.7 Å². The summed E-state index contributed by atoms with van der Waals surface area (Å²) < 4.78 is 10.5. The summed E-state index contributed by atoms with van der Waals surface area (Å²) in [7, 11) is 3.32. The second-order valence-corrected chi connectivity index (χ2v) is 6.28. The Kier molecular flexibility index (Phi) is 6.50. The fourth-order valence-corrected chi connectivity index (χ4v) is 3.06. The predicted octanol–water partition coefficient (Wildman–Crippen LogP) is 3.57. The molecule has 1 aliphatic heterocycles. The monoisotopic (exact) mass is 354 g/mol. The number of rotatable bonds is 8. The third-order valence-electron chi connectivity index (χ3n) is 4.58. The summed E-state index contributed by atoms with van der Waals surface area (Å²) in [5.41, 5.74) is 2.77. The van der Waals surface area contributed by atoms with Gasteiger partial charge in [0.2, 0.25) is 0 Å². The van der Waals surface area contributed by atoms with Crippen molar-refractivity contribution in [2.45, 2.75) is 12.8 Å². The van der Waals surface area contributed by atoms with Crippen LogP contribution in [0.25, 0.3) is 0 Å². The Morgan fingerprint density at radius 1 is 0.846 bits per heavy atom. The molecule has 0 N–H and O–H groups in total. The lowest BCUT2D eigenvalue weighted by molar-refractivity contribution is 0.119. The molecule has 5 heteroatoms. The highest BCUT2D eigenvalue weighted by atomic mass is 16.6. The Morgan fingerprint density at radius 3 is 1.81 bits per heavy atom. The van der Waals surface area contributed by atoms with Crippen molar-refractivity contribution >= 4 is 5.71 Å². The third-order valence-corrected chi connectivity index (χ3v) is 4.58. The first-order valence-electron chi connectivity index (χ1n) is 9.01. The summed E-state index contributed by atoms with van der Waals surface area (Å²) in [5, 5.41) is 4.44. The molecule has 2 aromatic carbocycles. The van der Waals surface area contributed by atoms with E-state index in [1.54, 1.807) is 14.2 Å². The molecule has 0 unspecified atom stereocenters. The van der Waals surface area contributed by atoms with Gasteiger partial charge in [-0.15, -0.1) is 0 Å². The van der Waals surface area contributed by atoms with Crippen molar-refractivity contribution in [1.82, 2.24) is 4.90 Å². The molecule has 0 aromatic heterocycles. The Bertz CT molecular complexity index is 656. The van der Waals surface area contributed by atoms with E-state index in [0.29, 0.717) is 6.61 Å². The summed E-state index contributed by atoms with van der Waals surface area (Å²) in [5.74, 6) is 1.63. The van der Waals surface area contributed by atoms with Crippen LogP contribution in [0.5, 0.6) is 11.5 Å². The Balaban J connectivity index is 1.75. The topological polar surface area (TPSA) is 43.3 Å². The number of nitrogens with zero attached hydrogens (tertiary/aromatic N) is 2. The van der Waals surface area contributed by atoms with Gasteiger partial charge in [0.25, 0.3) is 0 Å². The summed E-state index contributed by atoms with van der Waals surface area (Å²) in [6.45, 7) is 3.84. The summed E-state index contributed by atoms with van der Waals surface area (Å²) in [6, 6.07) is 15.7. The van der Waals surface area contributed by atoms with Gasteiger partial charge >= 0.3 is 0 Å². The fourth-order valence-electron chi connectivity index (χ4n) is 3.06. The molecule has 0 bridgehead atoms. The molecule has 26 heavy (non-hydrogen) atoms. The Hall–Kier alpha value is -2.53. The maximum atomic E-state index is 5.66. The number of benzene rings is 2. The van der Waals surface area contributed by atoms with Crippen LogP contribution in [-0.2, 0) is 4.84 Å². The quantitative estimate of drug-likeness (QED) is 0.413. The molecule has 1 heterocycles. The van der Waals surface area contributed by atoms with Gasteiger partial charge in [0.15, 0.2) is 0 Å².